The molecular formula is C31H49Na3O12S3. The van der Waals surface area contributed by atoms with E-state index in [4.69, 9.17) is 8.37 Å². The van der Waals surface area contributed by atoms with Gasteiger partial charge in [0.05, 0.1) is 6.10 Å². The molecule has 0 heterocycles. The zero-order valence-electron chi connectivity index (χ0n) is 30.8. The van der Waals surface area contributed by atoms with Crippen LogP contribution >= 0.6 is 0 Å². The van der Waals surface area contributed by atoms with Crippen LogP contribution in [-0.4, -0.2) is 57.2 Å². The molecule has 4 unspecified atom stereocenters. The van der Waals surface area contributed by atoms with Crippen LogP contribution < -0.4 is 88.7 Å². The van der Waals surface area contributed by atoms with Crippen LogP contribution in [0.5, 0.6) is 0 Å². The average molecular weight is 779 g/mol. The van der Waals surface area contributed by atoms with E-state index >= 15 is 0 Å². The van der Waals surface area contributed by atoms with Crippen LogP contribution in [0.2, 0.25) is 0 Å². The summed E-state index contributed by atoms with van der Waals surface area (Å²) in [6, 6.07) is 0. The third-order valence-electron chi connectivity index (χ3n) is 14.0. The minimum Gasteiger partial charge on any atom is -0.726 e. The fourth-order valence-electron chi connectivity index (χ4n) is 11.2. The maximum absolute atomic E-state index is 12.0. The number of rotatable bonds is 11. The first kappa shape index (κ1) is 47.5. The molecule has 4 fully saturated rings. The maximum atomic E-state index is 12.0. The molecule has 0 aromatic heterocycles. The first-order valence-corrected chi connectivity index (χ1v) is 20.5. The van der Waals surface area contributed by atoms with Crippen LogP contribution in [0.4, 0.5) is 0 Å². The fourth-order valence-corrected chi connectivity index (χ4v) is 12.8. The topological polar surface area (TPSA) is 199 Å². The third-order valence-corrected chi connectivity index (χ3v) is 15.5. The van der Waals surface area contributed by atoms with E-state index in [-0.39, 0.29) is 125 Å². The van der Waals surface area contributed by atoms with Crippen LogP contribution in [0.3, 0.4) is 0 Å². The largest absolute Gasteiger partial charge is 1.00 e. The Labute approximate surface area is 360 Å². The summed E-state index contributed by atoms with van der Waals surface area (Å²) in [4.78, 5) is 0. The average Bonchev–Trinajstić information content (AvgIpc) is 3.45. The Kier molecular flexibility index (Phi) is 15.6. The second kappa shape index (κ2) is 16.1. The van der Waals surface area contributed by atoms with E-state index in [2.05, 4.69) is 51.8 Å². The van der Waals surface area contributed by atoms with E-state index in [1.165, 1.54) is 12.8 Å². The van der Waals surface area contributed by atoms with Crippen molar-refractivity contribution in [3.05, 3.63) is 11.6 Å². The van der Waals surface area contributed by atoms with Gasteiger partial charge in [-0.2, -0.15) is 0 Å². The van der Waals surface area contributed by atoms with Crippen LogP contribution in [0.1, 0.15) is 106 Å². The van der Waals surface area contributed by atoms with Crippen molar-refractivity contribution in [2.24, 2.45) is 57.2 Å². The summed E-state index contributed by atoms with van der Waals surface area (Å²) in [5.41, 5.74) is -0.203. The molecule has 0 bridgehead atoms. The Morgan fingerprint density at radius 3 is 1.80 bits per heavy atom. The molecule has 0 spiro atoms. The summed E-state index contributed by atoms with van der Waals surface area (Å²) >= 11 is 0. The number of allylic oxidation sites excluding steroid dienone is 2. The predicted octanol–water partition coefficient (Wildman–Crippen LogP) is -4.18. The maximum Gasteiger partial charge on any atom is 1.00 e. The van der Waals surface area contributed by atoms with Gasteiger partial charge in [-0.1, -0.05) is 60.1 Å². The Hall–Kier alpha value is 2.35. The van der Waals surface area contributed by atoms with Gasteiger partial charge in [-0.3, -0.25) is 12.5 Å². The van der Waals surface area contributed by atoms with Crippen LogP contribution in [0.15, 0.2) is 11.6 Å². The van der Waals surface area contributed by atoms with Crippen LogP contribution in [-0.2, 0) is 43.7 Å². The molecule has 5 rings (SSSR count). The smallest absolute Gasteiger partial charge is 0.726 e. The van der Waals surface area contributed by atoms with Crippen molar-refractivity contribution in [2.45, 2.75) is 125 Å². The Bertz CT molecular complexity index is 1570. The third kappa shape index (κ3) is 9.32. The standard InChI is InChI=1S/C31H52O12S3.3Na/c1-18(2)31(16-20(31)4)13-8-19(3)21-9-11-30(7)23-14-25(41-44(32,33)34)24-15-26(42-45(35,36)37)27(43-46(38,39)40)17-28(24,5)22(23)10-12-29(21,30)6;;;/h10,18-21,23-27H,8-9,11-17H2,1-7H3,(H,32,33,34)(H,35,36,37)(H,38,39,40);;;/q;3*+1/p-3/t19-,20?,21-,23?,24?,25+,26+,27+,28-,29-,30+,31?;;;/m1.../s1. The van der Waals surface area contributed by atoms with Gasteiger partial charge < -0.3 is 13.7 Å². The first-order valence-electron chi connectivity index (χ1n) is 16.5. The van der Waals surface area contributed by atoms with Gasteiger partial charge in [-0.25, -0.2) is 25.3 Å². The van der Waals surface area contributed by atoms with Gasteiger partial charge in [-0.15, -0.1) is 0 Å². The quantitative estimate of drug-likeness (QED) is 0.0851. The molecule has 0 aliphatic heterocycles. The Balaban J connectivity index is 0.00000278. The molecule has 18 heteroatoms. The van der Waals surface area contributed by atoms with Gasteiger partial charge in [0, 0.05) is 0 Å². The van der Waals surface area contributed by atoms with Gasteiger partial charge >= 0.3 is 88.7 Å². The van der Waals surface area contributed by atoms with Gasteiger partial charge in [-0.05, 0) is 115 Å². The second-order valence-electron chi connectivity index (χ2n) is 16.2. The van der Waals surface area contributed by atoms with Gasteiger partial charge in [0.1, 0.15) is 12.2 Å². The molecule has 0 radical (unpaired) electrons. The molecule has 266 valence electrons. The minimum absolute atomic E-state index is 0. The molecule has 12 nitrogen and oxygen atoms in total. The van der Waals surface area contributed by atoms with Crippen LogP contribution in [0, 0.1) is 57.2 Å². The van der Waals surface area contributed by atoms with Crippen molar-refractivity contribution in [1.82, 2.24) is 0 Å². The molecule has 0 N–H and O–H groups in total. The minimum atomic E-state index is -5.37. The van der Waals surface area contributed by atoms with Crippen molar-refractivity contribution in [1.29, 1.82) is 0 Å². The van der Waals surface area contributed by atoms with Crippen LogP contribution in [0.25, 0.3) is 0 Å². The van der Waals surface area contributed by atoms with Crippen molar-refractivity contribution in [3.8, 4) is 0 Å². The molecule has 0 amide bonds. The summed E-state index contributed by atoms with van der Waals surface area (Å²) in [5, 5.41) is 0. The molecule has 4 saturated carbocycles. The van der Waals surface area contributed by atoms with E-state index in [1.54, 1.807) is 6.92 Å². The molecule has 0 saturated heterocycles. The zero-order chi connectivity index (χ0) is 34.5. The van der Waals surface area contributed by atoms with Crippen molar-refractivity contribution in [2.75, 3.05) is 0 Å². The second-order valence-corrected chi connectivity index (χ2v) is 19.3. The fraction of sp³-hybridized carbons (Fsp3) is 0.935. The number of fused-ring (bicyclic) bond motifs is 5. The number of hydrogen-bond donors (Lipinski definition) is 0. The Morgan fingerprint density at radius 1 is 0.796 bits per heavy atom. The van der Waals surface area contributed by atoms with Gasteiger partial charge in [0.2, 0.25) is 31.2 Å². The molecule has 5 aliphatic rings. The molecule has 5 aliphatic carbocycles. The molecule has 0 aromatic rings. The van der Waals surface area contributed by atoms with E-state index < -0.39 is 60.8 Å². The summed E-state index contributed by atoms with van der Waals surface area (Å²) < 4.78 is 121. The summed E-state index contributed by atoms with van der Waals surface area (Å²) in [7, 11) is -15.9. The molecular weight excluding hydrogens is 730 g/mol. The van der Waals surface area contributed by atoms with Crippen molar-refractivity contribution < 1.29 is 140 Å². The van der Waals surface area contributed by atoms with E-state index in [0.29, 0.717) is 23.2 Å². The SMILES string of the molecule is CC(C)C1(CC[C@@H](C)[C@H]2CC[C@@]3(C)C4C[C@H](OS(=O)(=O)[O-])C5C[C@H](OS(=O)(=O)[O-])[C@@H](OS(=O)(=O)[O-])C[C@]5(C)C4=CC[C@]23C)CC1C.[Na+].[Na+].[Na+]. The predicted molar refractivity (Wildman–Crippen MR) is 164 cm³/mol. The van der Waals surface area contributed by atoms with Crippen molar-refractivity contribution >= 4 is 31.2 Å². The zero-order valence-corrected chi connectivity index (χ0v) is 39.2. The van der Waals surface area contributed by atoms with Crippen molar-refractivity contribution in [3.63, 3.8) is 0 Å². The number of hydrogen-bond acceptors (Lipinski definition) is 12. The van der Waals surface area contributed by atoms with Gasteiger partial charge in [0.25, 0.3) is 0 Å². The van der Waals surface area contributed by atoms with E-state index in [0.717, 1.165) is 37.2 Å². The monoisotopic (exact) mass is 778 g/mol. The first-order chi connectivity index (χ1) is 20.9. The summed E-state index contributed by atoms with van der Waals surface area (Å²) in [5.74, 6) is 1.11. The molecule has 0 aromatic carbocycles. The summed E-state index contributed by atoms with van der Waals surface area (Å²) in [6.07, 6.45) is 3.28. The van der Waals surface area contributed by atoms with E-state index in [1.807, 2.05) is 0 Å². The normalized spacial score (nSPS) is 42.3. The van der Waals surface area contributed by atoms with Gasteiger partial charge in [0.15, 0.2) is 0 Å². The van der Waals surface area contributed by atoms with E-state index in [9.17, 15) is 38.9 Å². The molecule has 12 atom stereocenters. The summed E-state index contributed by atoms with van der Waals surface area (Å²) in [6.45, 7) is 15.6. The Morgan fingerprint density at radius 2 is 1.31 bits per heavy atom. The molecule has 49 heavy (non-hydrogen) atoms.